The van der Waals surface area contributed by atoms with E-state index in [1.54, 1.807) is 27.3 Å². The van der Waals surface area contributed by atoms with Gasteiger partial charge in [0, 0.05) is 23.3 Å². The van der Waals surface area contributed by atoms with Crippen molar-refractivity contribution in [1.82, 2.24) is 14.5 Å². The molecular weight excluding hydrogens is 324 g/mol. The third kappa shape index (κ3) is 3.42. The number of ether oxygens (including phenoxy) is 1. The second-order valence-electron chi connectivity index (χ2n) is 6.03. The number of aliphatic hydroxyl groups is 1. The van der Waals surface area contributed by atoms with Gasteiger partial charge < -0.3 is 19.7 Å². The Morgan fingerprint density at radius 1 is 1.33 bits per heavy atom. The molecule has 2 heterocycles. The van der Waals surface area contributed by atoms with Gasteiger partial charge in [-0.15, -0.1) is 11.3 Å². The topological polar surface area (TPSA) is 72.2 Å². The molecular formula is C17H20N4O2S. The van der Waals surface area contributed by atoms with Crippen LogP contribution in [-0.4, -0.2) is 26.8 Å². The van der Waals surface area contributed by atoms with Crippen LogP contribution in [0.5, 0.6) is 5.75 Å². The van der Waals surface area contributed by atoms with Crippen LogP contribution in [0.1, 0.15) is 25.2 Å². The van der Waals surface area contributed by atoms with Crippen LogP contribution in [-0.2, 0) is 5.60 Å². The molecule has 7 heteroatoms. The second-order valence-corrected chi connectivity index (χ2v) is 6.89. The summed E-state index contributed by atoms with van der Waals surface area (Å²) in [5, 5.41) is 15.8. The van der Waals surface area contributed by atoms with E-state index < -0.39 is 5.60 Å². The van der Waals surface area contributed by atoms with E-state index in [-0.39, 0.29) is 0 Å². The average Bonchev–Trinajstić information content (AvgIpc) is 3.16. The van der Waals surface area contributed by atoms with E-state index in [1.807, 2.05) is 41.3 Å². The van der Waals surface area contributed by atoms with Crippen molar-refractivity contribution < 1.29 is 9.84 Å². The fourth-order valence-electron chi connectivity index (χ4n) is 2.26. The first-order valence-corrected chi connectivity index (χ1v) is 8.39. The van der Waals surface area contributed by atoms with Gasteiger partial charge in [-0.1, -0.05) is 0 Å². The largest absolute Gasteiger partial charge is 0.494 e. The van der Waals surface area contributed by atoms with Crippen molar-refractivity contribution in [2.24, 2.45) is 0 Å². The predicted molar refractivity (Wildman–Crippen MR) is 95.5 cm³/mol. The number of methoxy groups -OCH3 is 1. The molecule has 3 aromatic rings. The van der Waals surface area contributed by atoms with Crippen molar-refractivity contribution in [3.8, 4) is 11.4 Å². The Hall–Kier alpha value is -2.38. The molecule has 1 aromatic carbocycles. The molecule has 0 bridgehead atoms. The molecule has 0 aliphatic heterocycles. The van der Waals surface area contributed by atoms with E-state index in [0.29, 0.717) is 5.69 Å². The molecule has 0 saturated carbocycles. The lowest BCUT2D eigenvalue weighted by Gasteiger charge is -2.13. The monoisotopic (exact) mass is 344 g/mol. The highest BCUT2D eigenvalue weighted by molar-refractivity contribution is 7.13. The quantitative estimate of drug-likeness (QED) is 0.740. The van der Waals surface area contributed by atoms with Gasteiger partial charge in [-0.3, -0.25) is 0 Å². The first-order valence-electron chi connectivity index (χ1n) is 7.51. The first kappa shape index (κ1) is 16.5. The van der Waals surface area contributed by atoms with Crippen molar-refractivity contribution >= 4 is 22.2 Å². The Kier molecular flexibility index (Phi) is 4.29. The summed E-state index contributed by atoms with van der Waals surface area (Å²) >= 11 is 1.45. The van der Waals surface area contributed by atoms with Gasteiger partial charge in [0.15, 0.2) is 5.13 Å². The number of hydrogen-bond acceptors (Lipinski definition) is 6. The zero-order valence-corrected chi connectivity index (χ0v) is 14.9. The van der Waals surface area contributed by atoms with Gasteiger partial charge in [-0.25, -0.2) is 9.97 Å². The van der Waals surface area contributed by atoms with Crippen molar-refractivity contribution in [3.63, 3.8) is 0 Å². The third-order valence-electron chi connectivity index (χ3n) is 3.55. The smallest absolute Gasteiger partial charge is 0.187 e. The molecule has 0 fully saturated rings. The maximum atomic E-state index is 10.0. The lowest BCUT2D eigenvalue weighted by Crippen LogP contribution is -2.15. The zero-order chi connectivity index (χ0) is 17.3. The summed E-state index contributed by atoms with van der Waals surface area (Å²) in [6.07, 6.45) is 3.71. The number of anilines is 2. The van der Waals surface area contributed by atoms with Gasteiger partial charge in [0.05, 0.1) is 30.5 Å². The van der Waals surface area contributed by atoms with E-state index in [2.05, 4.69) is 15.3 Å². The van der Waals surface area contributed by atoms with Crippen LogP contribution in [0.3, 0.4) is 0 Å². The number of nitrogens with zero attached hydrogens (tertiary/aromatic N) is 3. The summed E-state index contributed by atoms with van der Waals surface area (Å²) in [6.45, 7) is 5.38. The molecule has 2 aromatic heterocycles. The Bertz CT molecular complexity index is 848. The fraction of sp³-hybridized carbons (Fsp3) is 0.294. The molecule has 0 saturated heterocycles. The van der Waals surface area contributed by atoms with Crippen molar-refractivity contribution in [3.05, 3.63) is 47.5 Å². The molecule has 0 unspecified atom stereocenters. The molecule has 6 nitrogen and oxygen atoms in total. The van der Waals surface area contributed by atoms with Gasteiger partial charge in [-0.05, 0) is 32.9 Å². The summed E-state index contributed by atoms with van der Waals surface area (Å²) in [6, 6.07) is 5.83. The molecule has 2 N–H and O–H groups in total. The molecule has 24 heavy (non-hydrogen) atoms. The number of benzene rings is 1. The van der Waals surface area contributed by atoms with Crippen LogP contribution < -0.4 is 10.1 Å². The third-order valence-corrected chi connectivity index (χ3v) is 4.31. The Morgan fingerprint density at radius 3 is 2.71 bits per heavy atom. The van der Waals surface area contributed by atoms with Crippen LogP contribution in [0.4, 0.5) is 10.8 Å². The van der Waals surface area contributed by atoms with Gasteiger partial charge in [0.25, 0.3) is 0 Å². The zero-order valence-electron chi connectivity index (χ0n) is 14.1. The number of aryl methyl sites for hydroxylation is 1. The molecule has 0 spiro atoms. The van der Waals surface area contributed by atoms with Crippen LogP contribution in [0.25, 0.3) is 5.69 Å². The number of aromatic nitrogens is 3. The summed E-state index contributed by atoms with van der Waals surface area (Å²) in [7, 11) is 1.64. The number of nitrogens with one attached hydrogen (secondary N) is 1. The standard InChI is InChI=1S/C17H20N4O2S/c1-11-8-21(10-18-11)13-6-5-12(7-14(13)23-4)19-16-20-15(9-24-16)17(2,3)22/h5-10,22H,1-4H3,(H,19,20). The molecule has 0 aliphatic carbocycles. The minimum atomic E-state index is -0.947. The minimum Gasteiger partial charge on any atom is -0.494 e. The predicted octanol–water partition coefficient (Wildman–Crippen LogP) is 3.62. The lowest BCUT2D eigenvalue weighted by atomic mass is 10.1. The van der Waals surface area contributed by atoms with Gasteiger partial charge >= 0.3 is 0 Å². The lowest BCUT2D eigenvalue weighted by molar-refractivity contribution is 0.0746. The van der Waals surface area contributed by atoms with E-state index in [0.717, 1.165) is 27.9 Å². The van der Waals surface area contributed by atoms with Crippen LogP contribution >= 0.6 is 11.3 Å². The highest BCUT2D eigenvalue weighted by Gasteiger charge is 2.19. The van der Waals surface area contributed by atoms with Crippen molar-refractivity contribution in [2.75, 3.05) is 12.4 Å². The van der Waals surface area contributed by atoms with E-state index in [1.165, 1.54) is 11.3 Å². The van der Waals surface area contributed by atoms with Gasteiger partial charge in [0.1, 0.15) is 11.4 Å². The second kappa shape index (κ2) is 6.26. The normalized spacial score (nSPS) is 11.5. The highest BCUT2D eigenvalue weighted by Crippen LogP contribution is 2.31. The molecule has 126 valence electrons. The Balaban J connectivity index is 1.86. The number of imidazole rings is 1. The number of hydrogen-bond donors (Lipinski definition) is 2. The molecule has 3 rings (SSSR count). The molecule has 0 radical (unpaired) electrons. The Labute approximate surface area is 144 Å². The SMILES string of the molecule is COc1cc(Nc2nc(C(C)(C)O)cs2)ccc1-n1cnc(C)c1. The van der Waals surface area contributed by atoms with Gasteiger partial charge in [0.2, 0.25) is 0 Å². The summed E-state index contributed by atoms with van der Waals surface area (Å²) in [5.41, 5.74) is 2.43. The minimum absolute atomic E-state index is 0.646. The van der Waals surface area contributed by atoms with E-state index in [9.17, 15) is 5.11 Å². The average molecular weight is 344 g/mol. The number of thiazole rings is 1. The van der Waals surface area contributed by atoms with E-state index >= 15 is 0 Å². The maximum absolute atomic E-state index is 10.0. The summed E-state index contributed by atoms with van der Waals surface area (Å²) in [5.74, 6) is 0.733. The van der Waals surface area contributed by atoms with Crippen LogP contribution in [0, 0.1) is 6.92 Å². The van der Waals surface area contributed by atoms with Crippen molar-refractivity contribution in [1.29, 1.82) is 0 Å². The first-order chi connectivity index (χ1) is 11.4. The summed E-state index contributed by atoms with van der Waals surface area (Å²) in [4.78, 5) is 8.66. The van der Waals surface area contributed by atoms with Gasteiger partial charge in [-0.2, -0.15) is 0 Å². The van der Waals surface area contributed by atoms with Crippen LogP contribution in [0.15, 0.2) is 36.1 Å². The molecule has 0 aliphatic rings. The molecule has 0 atom stereocenters. The highest BCUT2D eigenvalue weighted by atomic mass is 32.1. The Morgan fingerprint density at radius 2 is 2.12 bits per heavy atom. The van der Waals surface area contributed by atoms with Crippen molar-refractivity contribution in [2.45, 2.75) is 26.4 Å². The number of rotatable bonds is 5. The molecule has 0 amide bonds. The summed E-state index contributed by atoms with van der Waals surface area (Å²) < 4.78 is 7.43. The van der Waals surface area contributed by atoms with Crippen LogP contribution in [0.2, 0.25) is 0 Å². The van der Waals surface area contributed by atoms with E-state index in [4.69, 9.17) is 4.74 Å². The fourth-order valence-corrected chi connectivity index (χ4v) is 3.15. The maximum Gasteiger partial charge on any atom is 0.187 e.